The maximum Gasteiger partial charge on any atom is 0.0506 e. The van der Waals surface area contributed by atoms with Gasteiger partial charge in [0.05, 0.1) is 8.07 Å². The Bertz CT molecular complexity index is 195. The highest BCUT2D eigenvalue weighted by Crippen LogP contribution is 2.86. The van der Waals surface area contributed by atoms with E-state index in [9.17, 15) is 0 Å². The first-order valence-corrected chi connectivity index (χ1v) is 9.12. The molecule has 3 rings (SSSR count). The topological polar surface area (TPSA) is 0 Å². The van der Waals surface area contributed by atoms with Gasteiger partial charge in [-0.05, 0) is 35.1 Å². The molecule has 2 bridgehead atoms. The van der Waals surface area contributed by atoms with E-state index < -0.39 is 8.07 Å². The van der Waals surface area contributed by atoms with Crippen molar-refractivity contribution in [2.75, 3.05) is 0 Å². The molecule has 0 aromatic heterocycles. The van der Waals surface area contributed by atoms with Gasteiger partial charge in [-0.25, -0.2) is 0 Å². The predicted octanol–water partition coefficient (Wildman–Crippen LogP) is 4.30. The number of rotatable bonds is 1. The smallest absolute Gasteiger partial charge is 0.0506 e. The molecule has 3 saturated carbocycles. The molecule has 3 aliphatic rings. The second-order valence-electron chi connectivity index (χ2n) is 7.59. The van der Waals surface area contributed by atoms with Crippen molar-refractivity contribution in [1.29, 1.82) is 0 Å². The summed E-state index contributed by atoms with van der Waals surface area (Å²) in [4.78, 5) is 0. The molecule has 0 aromatic carbocycles. The maximum absolute atomic E-state index is 2.55. The molecule has 0 saturated heterocycles. The van der Waals surface area contributed by atoms with Crippen LogP contribution in [0.15, 0.2) is 0 Å². The molecule has 0 heterocycles. The van der Waals surface area contributed by atoms with E-state index in [1.807, 2.05) is 0 Å². The first-order chi connectivity index (χ1) is 5.62. The fraction of sp³-hybridized carbons (Fsp3) is 1.00. The highest BCUT2D eigenvalue weighted by Gasteiger charge is 2.74. The minimum Gasteiger partial charge on any atom is -0.0691 e. The van der Waals surface area contributed by atoms with E-state index in [2.05, 4.69) is 40.4 Å². The Hall–Kier alpha value is 0.217. The maximum atomic E-state index is 2.55. The van der Waals surface area contributed by atoms with Crippen molar-refractivity contribution < 1.29 is 0 Å². The van der Waals surface area contributed by atoms with Gasteiger partial charge in [-0.1, -0.05) is 40.4 Å². The molecule has 13 heavy (non-hydrogen) atoms. The van der Waals surface area contributed by atoms with Crippen molar-refractivity contribution in [1.82, 2.24) is 0 Å². The quantitative estimate of drug-likeness (QED) is 0.549. The van der Waals surface area contributed by atoms with Gasteiger partial charge < -0.3 is 0 Å². The molecular weight excluding hydrogens is 172 g/mol. The van der Waals surface area contributed by atoms with Crippen molar-refractivity contribution >= 4 is 8.07 Å². The molecule has 0 aromatic rings. The van der Waals surface area contributed by atoms with Crippen LogP contribution in [0.3, 0.4) is 0 Å². The van der Waals surface area contributed by atoms with Crippen LogP contribution in [0.1, 0.15) is 40.0 Å². The first kappa shape index (κ1) is 9.76. The molecule has 3 fully saturated rings. The molecule has 0 amide bonds. The minimum absolute atomic E-state index is 0.564. The van der Waals surface area contributed by atoms with E-state index in [0.717, 1.165) is 10.5 Å². The monoisotopic (exact) mass is 196 g/mol. The normalized spacial score (nSPS) is 43.8. The van der Waals surface area contributed by atoms with E-state index in [1.54, 1.807) is 19.3 Å². The van der Waals surface area contributed by atoms with Crippen molar-refractivity contribution in [2.24, 2.45) is 10.8 Å². The summed E-state index contributed by atoms with van der Waals surface area (Å²) in [5, 5.41) is 0.861. The third-order valence-corrected chi connectivity index (χ3v) is 8.92. The zero-order valence-electron chi connectivity index (χ0n) is 10.1. The molecule has 0 atom stereocenters. The minimum atomic E-state index is -0.858. The van der Waals surface area contributed by atoms with Crippen LogP contribution in [0.4, 0.5) is 0 Å². The van der Waals surface area contributed by atoms with E-state index in [-0.39, 0.29) is 0 Å². The van der Waals surface area contributed by atoms with Gasteiger partial charge in [0.25, 0.3) is 0 Å². The van der Waals surface area contributed by atoms with Gasteiger partial charge in [-0.3, -0.25) is 0 Å². The fourth-order valence-corrected chi connectivity index (χ4v) is 5.99. The van der Waals surface area contributed by atoms with Gasteiger partial charge in [-0.15, -0.1) is 0 Å². The average Bonchev–Trinajstić information content (AvgIpc) is 1.41. The summed E-state index contributed by atoms with van der Waals surface area (Å²) >= 11 is 0. The van der Waals surface area contributed by atoms with Crippen LogP contribution in [-0.4, -0.2) is 8.07 Å². The highest BCUT2D eigenvalue weighted by molar-refractivity contribution is 6.79. The van der Waals surface area contributed by atoms with Crippen molar-refractivity contribution in [2.45, 2.75) is 64.7 Å². The van der Waals surface area contributed by atoms with E-state index in [4.69, 9.17) is 0 Å². The lowest BCUT2D eigenvalue weighted by atomic mass is 9.36. The second-order valence-corrected chi connectivity index (χ2v) is 13.2. The van der Waals surface area contributed by atoms with Gasteiger partial charge in [0, 0.05) is 0 Å². The lowest BCUT2D eigenvalue weighted by Gasteiger charge is -2.79. The predicted molar refractivity (Wildman–Crippen MR) is 61.8 cm³/mol. The van der Waals surface area contributed by atoms with Crippen LogP contribution in [0.25, 0.3) is 0 Å². The second kappa shape index (κ2) is 2.08. The third kappa shape index (κ3) is 0.972. The standard InChI is InChI=1S/C12H24Si/c1-10(2,3)11-7-12(8-11,9-11)13(4,5)6/h7-9H2,1-6H3. The Morgan fingerprint density at radius 3 is 1.54 bits per heavy atom. The largest absolute Gasteiger partial charge is 0.0691 e. The molecule has 0 unspecified atom stereocenters. The number of hydrogen-bond acceptors (Lipinski definition) is 0. The Balaban J connectivity index is 2.09. The van der Waals surface area contributed by atoms with Crippen LogP contribution in [0, 0.1) is 10.8 Å². The van der Waals surface area contributed by atoms with Crippen LogP contribution in [0.5, 0.6) is 0 Å². The van der Waals surface area contributed by atoms with E-state index in [0.29, 0.717) is 5.41 Å². The van der Waals surface area contributed by atoms with Crippen LogP contribution < -0.4 is 0 Å². The molecule has 0 radical (unpaired) electrons. The summed E-state index contributed by atoms with van der Waals surface area (Å²) in [7, 11) is -0.858. The Morgan fingerprint density at radius 2 is 1.31 bits per heavy atom. The Morgan fingerprint density at radius 1 is 0.923 bits per heavy atom. The SMILES string of the molecule is CC(C)(C)C12CC([Si](C)(C)C)(C1)C2. The van der Waals surface area contributed by atoms with Gasteiger partial charge in [0.1, 0.15) is 0 Å². The molecule has 3 aliphatic carbocycles. The fourth-order valence-electron chi connectivity index (χ4n) is 3.38. The van der Waals surface area contributed by atoms with Crippen molar-refractivity contribution in [3.8, 4) is 0 Å². The zero-order valence-corrected chi connectivity index (χ0v) is 11.1. The number of hydrogen-bond donors (Lipinski definition) is 0. The summed E-state index contributed by atoms with van der Waals surface area (Å²) in [6.07, 6.45) is 4.66. The van der Waals surface area contributed by atoms with Crippen molar-refractivity contribution in [3.05, 3.63) is 0 Å². The lowest BCUT2D eigenvalue weighted by molar-refractivity contribution is -0.173. The van der Waals surface area contributed by atoms with Crippen molar-refractivity contribution in [3.63, 3.8) is 0 Å². The third-order valence-electron chi connectivity index (χ3n) is 5.21. The molecular formula is C12H24Si. The van der Waals surface area contributed by atoms with Gasteiger partial charge in [0.2, 0.25) is 0 Å². The van der Waals surface area contributed by atoms with Crippen LogP contribution in [0.2, 0.25) is 24.7 Å². The summed E-state index contributed by atoms with van der Waals surface area (Å²) in [5.74, 6) is 0. The molecule has 0 nitrogen and oxygen atoms in total. The van der Waals surface area contributed by atoms with Gasteiger partial charge >= 0.3 is 0 Å². The van der Waals surface area contributed by atoms with E-state index in [1.165, 1.54) is 0 Å². The summed E-state index contributed by atoms with van der Waals surface area (Å²) in [6, 6.07) is 0. The highest BCUT2D eigenvalue weighted by atomic mass is 28.3. The molecule has 0 aliphatic heterocycles. The molecule has 1 heteroatoms. The first-order valence-electron chi connectivity index (χ1n) is 5.62. The molecule has 76 valence electrons. The van der Waals surface area contributed by atoms with E-state index >= 15 is 0 Å². The van der Waals surface area contributed by atoms with Gasteiger partial charge in [-0.2, -0.15) is 0 Å². The van der Waals surface area contributed by atoms with Crippen LogP contribution >= 0.6 is 0 Å². The Labute approximate surface area is 84.1 Å². The zero-order chi connectivity index (χ0) is 10.1. The van der Waals surface area contributed by atoms with Crippen LogP contribution in [-0.2, 0) is 0 Å². The summed E-state index contributed by atoms with van der Waals surface area (Å²) in [5.41, 5.74) is 1.32. The molecule has 0 N–H and O–H groups in total. The Kier molecular flexibility index (Phi) is 1.56. The summed E-state index contributed by atoms with van der Waals surface area (Å²) in [6.45, 7) is 15.0. The summed E-state index contributed by atoms with van der Waals surface area (Å²) < 4.78 is 0. The molecule has 0 spiro atoms. The van der Waals surface area contributed by atoms with Gasteiger partial charge in [0.15, 0.2) is 0 Å². The average molecular weight is 196 g/mol. The lowest BCUT2D eigenvalue weighted by Crippen LogP contribution is -2.70.